The average molecular weight is 189 g/mol. The number of nitrogens with one attached hydrogen (secondary N) is 1. The van der Waals surface area contributed by atoms with E-state index in [2.05, 4.69) is 24.0 Å². The molecular formula is C9H19NOS. The monoisotopic (exact) mass is 189 g/mol. The molecule has 1 saturated heterocycles. The third-order valence-corrected chi connectivity index (χ3v) is 4.31. The molecule has 72 valence electrons. The van der Waals surface area contributed by atoms with Gasteiger partial charge in [0.15, 0.2) is 0 Å². The Labute approximate surface area is 79.4 Å². The van der Waals surface area contributed by atoms with Crippen molar-refractivity contribution in [2.24, 2.45) is 0 Å². The van der Waals surface area contributed by atoms with Crippen LogP contribution in [0.5, 0.6) is 0 Å². The van der Waals surface area contributed by atoms with Crippen molar-refractivity contribution in [2.45, 2.75) is 30.6 Å². The van der Waals surface area contributed by atoms with Gasteiger partial charge in [0, 0.05) is 17.9 Å². The molecule has 0 aromatic rings. The molecule has 1 N–H and O–H groups in total. The summed E-state index contributed by atoms with van der Waals surface area (Å²) in [6, 6.07) is 0.495. The Kier molecular flexibility index (Phi) is 3.87. The summed E-state index contributed by atoms with van der Waals surface area (Å²) in [5.41, 5.74) is 0. The van der Waals surface area contributed by atoms with Gasteiger partial charge in [0.25, 0.3) is 0 Å². The first kappa shape index (κ1) is 10.4. The van der Waals surface area contributed by atoms with Crippen molar-refractivity contribution >= 4 is 11.8 Å². The zero-order valence-electron chi connectivity index (χ0n) is 8.22. The van der Waals surface area contributed by atoms with Crippen LogP contribution in [0.4, 0.5) is 0 Å². The van der Waals surface area contributed by atoms with Gasteiger partial charge in [-0.05, 0) is 32.6 Å². The van der Waals surface area contributed by atoms with E-state index < -0.39 is 0 Å². The summed E-state index contributed by atoms with van der Waals surface area (Å²) in [7, 11) is 3.79. The maximum absolute atomic E-state index is 5.20. The van der Waals surface area contributed by atoms with Crippen LogP contribution in [0.25, 0.3) is 0 Å². The largest absolute Gasteiger partial charge is 0.383 e. The second-order valence-electron chi connectivity index (χ2n) is 3.56. The molecule has 0 radical (unpaired) electrons. The van der Waals surface area contributed by atoms with Crippen LogP contribution in [0.2, 0.25) is 0 Å². The number of methoxy groups -OCH3 is 1. The summed E-state index contributed by atoms with van der Waals surface area (Å²) in [6.07, 6.45) is 2.66. The van der Waals surface area contributed by atoms with E-state index in [1.54, 1.807) is 7.11 Å². The molecule has 0 amide bonds. The van der Waals surface area contributed by atoms with Crippen molar-refractivity contribution in [1.82, 2.24) is 5.32 Å². The lowest BCUT2D eigenvalue weighted by atomic mass is 9.97. The van der Waals surface area contributed by atoms with E-state index in [9.17, 15) is 0 Å². The second kappa shape index (κ2) is 4.49. The molecule has 1 heterocycles. The van der Waals surface area contributed by atoms with Crippen molar-refractivity contribution in [1.29, 1.82) is 0 Å². The van der Waals surface area contributed by atoms with Crippen LogP contribution < -0.4 is 5.32 Å². The van der Waals surface area contributed by atoms with Gasteiger partial charge in [0.2, 0.25) is 0 Å². The maximum atomic E-state index is 5.20. The maximum Gasteiger partial charge on any atom is 0.0629 e. The van der Waals surface area contributed by atoms with Crippen LogP contribution in [0.1, 0.15) is 19.8 Å². The fourth-order valence-corrected chi connectivity index (χ4v) is 3.24. The molecule has 0 bridgehead atoms. The first-order chi connectivity index (χ1) is 5.73. The minimum Gasteiger partial charge on any atom is -0.383 e. The van der Waals surface area contributed by atoms with E-state index in [1.807, 2.05) is 7.05 Å². The molecule has 2 atom stereocenters. The Morgan fingerprint density at radius 2 is 2.42 bits per heavy atom. The van der Waals surface area contributed by atoms with Gasteiger partial charge in [-0.3, -0.25) is 0 Å². The van der Waals surface area contributed by atoms with Crippen LogP contribution >= 0.6 is 11.8 Å². The zero-order valence-corrected chi connectivity index (χ0v) is 9.04. The Balaban J connectivity index is 2.50. The van der Waals surface area contributed by atoms with Gasteiger partial charge in [-0.15, -0.1) is 0 Å². The molecule has 1 rings (SSSR count). The number of hydrogen-bond acceptors (Lipinski definition) is 3. The zero-order chi connectivity index (χ0) is 9.03. The van der Waals surface area contributed by atoms with Gasteiger partial charge in [0.05, 0.1) is 6.61 Å². The normalized spacial score (nSPS) is 32.2. The molecule has 12 heavy (non-hydrogen) atoms. The van der Waals surface area contributed by atoms with E-state index in [0.29, 0.717) is 10.8 Å². The molecule has 2 nitrogen and oxygen atoms in total. The minimum absolute atomic E-state index is 0.394. The van der Waals surface area contributed by atoms with Crippen LogP contribution in [0.15, 0.2) is 0 Å². The minimum atomic E-state index is 0.394. The topological polar surface area (TPSA) is 21.3 Å². The lowest BCUT2D eigenvalue weighted by molar-refractivity contribution is 0.154. The molecule has 0 aromatic heterocycles. The van der Waals surface area contributed by atoms with Crippen molar-refractivity contribution in [2.75, 3.05) is 26.5 Å². The molecule has 0 saturated carbocycles. The molecule has 0 spiro atoms. The van der Waals surface area contributed by atoms with Crippen LogP contribution in [0, 0.1) is 0 Å². The Morgan fingerprint density at radius 3 is 2.83 bits per heavy atom. The molecular weight excluding hydrogens is 170 g/mol. The summed E-state index contributed by atoms with van der Waals surface area (Å²) in [4.78, 5) is 0. The van der Waals surface area contributed by atoms with Gasteiger partial charge < -0.3 is 10.1 Å². The lowest BCUT2D eigenvalue weighted by Gasteiger charge is -2.32. The van der Waals surface area contributed by atoms with Gasteiger partial charge in [-0.25, -0.2) is 0 Å². The fraction of sp³-hybridized carbons (Fsp3) is 1.00. The molecule has 3 heteroatoms. The molecule has 0 aliphatic carbocycles. The third kappa shape index (κ3) is 2.15. The van der Waals surface area contributed by atoms with Crippen molar-refractivity contribution in [3.63, 3.8) is 0 Å². The summed E-state index contributed by atoms with van der Waals surface area (Å²) in [5.74, 6) is 1.30. The molecule has 2 unspecified atom stereocenters. The predicted octanol–water partition coefficient (Wildman–Crippen LogP) is 1.51. The number of ether oxygens (including phenoxy) is 1. The molecule has 1 fully saturated rings. The highest BCUT2D eigenvalue weighted by Crippen LogP contribution is 2.40. The van der Waals surface area contributed by atoms with Crippen LogP contribution in [-0.4, -0.2) is 37.3 Å². The number of thioether (sulfide) groups is 1. The van der Waals surface area contributed by atoms with E-state index in [-0.39, 0.29) is 0 Å². The number of rotatable bonds is 4. The lowest BCUT2D eigenvalue weighted by Crippen LogP contribution is -2.46. The van der Waals surface area contributed by atoms with Gasteiger partial charge >= 0.3 is 0 Å². The van der Waals surface area contributed by atoms with Gasteiger partial charge in [0.1, 0.15) is 0 Å². The Bertz CT molecular complexity index is 134. The predicted molar refractivity (Wildman–Crippen MR) is 54.8 cm³/mol. The average Bonchev–Trinajstić information content (AvgIpc) is 2.49. The summed E-state index contributed by atoms with van der Waals surface area (Å²) in [5, 5.41) is 3.34. The second-order valence-corrected chi connectivity index (χ2v) is 5.19. The van der Waals surface area contributed by atoms with E-state index in [0.717, 1.165) is 6.61 Å². The summed E-state index contributed by atoms with van der Waals surface area (Å²) in [6.45, 7) is 3.16. The van der Waals surface area contributed by atoms with Gasteiger partial charge in [-0.1, -0.05) is 0 Å². The van der Waals surface area contributed by atoms with Crippen LogP contribution in [-0.2, 0) is 4.74 Å². The molecule has 1 aliphatic heterocycles. The Hall–Kier alpha value is 0.270. The standard InChI is InChI=1S/C9H19NOS/c1-9(5-4-6-12-9)8(10-2)7-11-3/h8,10H,4-7H2,1-3H3. The summed E-state index contributed by atoms with van der Waals surface area (Å²) >= 11 is 2.07. The highest BCUT2D eigenvalue weighted by Gasteiger charge is 2.36. The quantitative estimate of drug-likeness (QED) is 0.724. The van der Waals surface area contributed by atoms with Crippen molar-refractivity contribution in [3.8, 4) is 0 Å². The summed E-state index contributed by atoms with van der Waals surface area (Å²) < 4.78 is 5.59. The van der Waals surface area contributed by atoms with Crippen LogP contribution in [0.3, 0.4) is 0 Å². The van der Waals surface area contributed by atoms with Crippen molar-refractivity contribution < 1.29 is 4.74 Å². The molecule has 1 aliphatic rings. The first-order valence-corrected chi connectivity index (χ1v) is 5.51. The Morgan fingerprint density at radius 1 is 1.67 bits per heavy atom. The smallest absolute Gasteiger partial charge is 0.0629 e. The molecule has 0 aromatic carbocycles. The van der Waals surface area contributed by atoms with E-state index in [1.165, 1.54) is 18.6 Å². The highest BCUT2D eigenvalue weighted by molar-refractivity contribution is 8.00. The van der Waals surface area contributed by atoms with Crippen molar-refractivity contribution in [3.05, 3.63) is 0 Å². The number of likely N-dealkylation sites (N-methyl/N-ethyl adjacent to an activating group) is 1. The van der Waals surface area contributed by atoms with E-state index in [4.69, 9.17) is 4.74 Å². The van der Waals surface area contributed by atoms with Gasteiger partial charge in [-0.2, -0.15) is 11.8 Å². The highest BCUT2D eigenvalue weighted by atomic mass is 32.2. The SMILES string of the molecule is CNC(COC)C1(C)CCCS1. The third-order valence-electron chi connectivity index (χ3n) is 2.67. The fourth-order valence-electron chi connectivity index (χ4n) is 1.81. The number of hydrogen-bond donors (Lipinski definition) is 1. The first-order valence-electron chi connectivity index (χ1n) is 4.53. The van der Waals surface area contributed by atoms with E-state index >= 15 is 0 Å².